The van der Waals surface area contributed by atoms with E-state index >= 15 is 0 Å². The molecule has 3 nitrogen and oxygen atoms in total. The third-order valence-electron chi connectivity index (χ3n) is 4.33. The van der Waals surface area contributed by atoms with Crippen LogP contribution in [0.2, 0.25) is 0 Å². The molecule has 1 aromatic carbocycles. The fourth-order valence-electron chi connectivity index (χ4n) is 3.69. The summed E-state index contributed by atoms with van der Waals surface area (Å²) in [5.41, 5.74) is 8.75. The summed E-state index contributed by atoms with van der Waals surface area (Å²) in [5.74, 6) is 1.80. The number of likely N-dealkylation sites (tertiary alicyclic amines) is 1. The Labute approximate surface area is 122 Å². The van der Waals surface area contributed by atoms with Crippen molar-refractivity contribution in [1.29, 1.82) is 0 Å². The number of rotatable bonds is 2. The summed E-state index contributed by atoms with van der Waals surface area (Å²) in [7, 11) is 0. The average Bonchev–Trinajstić information content (AvgIpc) is 2.63. The lowest BCUT2D eigenvalue weighted by Crippen LogP contribution is -2.45. The molecule has 3 heteroatoms. The first kappa shape index (κ1) is 13.9. The van der Waals surface area contributed by atoms with Gasteiger partial charge in [-0.2, -0.15) is 0 Å². The minimum Gasteiger partial charge on any atom is -0.487 e. The molecule has 0 bridgehead atoms. The topological polar surface area (TPSA) is 38.5 Å². The van der Waals surface area contributed by atoms with Crippen LogP contribution in [0.4, 0.5) is 0 Å². The molecule has 0 amide bonds. The Morgan fingerprint density at radius 2 is 2.15 bits per heavy atom. The second-order valence-electron chi connectivity index (χ2n) is 7.24. The Kier molecular flexibility index (Phi) is 3.51. The molecule has 1 saturated heterocycles. The summed E-state index contributed by atoms with van der Waals surface area (Å²) in [4.78, 5) is 2.48. The van der Waals surface area contributed by atoms with Gasteiger partial charge in [-0.25, -0.2) is 0 Å². The van der Waals surface area contributed by atoms with Crippen LogP contribution in [0.25, 0.3) is 0 Å². The first-order valence-corrected chi connectivity index (χ1v) is 7.71. The van der Waals surface area contributed by atoms with E-state index in [1.54, 1.807) is 0 Å². The van der Waals surface area contributed by atoms with Gasteiger partial charge in [-0.15, -0.1) is 0 Å². The second-order valence-corrected chi connectivity index (χ2v) is 7.24. The number of benzene rings is 1. The highest BCUT2D eigenvalue weighted by molar-refractivity contribution is 5.45. The number of hydrogen-bond acceptors (Lipinski definition) is 3. The Bertz CT molecular complexity index is 488. The highest BCUT2D eigenvalue weighted by atomic mass is 16.5. The van der Waals surface area contributed by atoms with Gasteiger partial charge in [-0.1, -0.05) is 25.1 Å². The lowest BCUT2D eigenvalue weighted by Gasteiger charge is -2.35. The van der Waals surface area contributed by atoms with Crippen LogP contribution < -0.4 is 10.5 Å². The number of fused-ring (bicyclic) bond motifs is 1. The summed E-state index contributed by atoms with van der Waals surface area (Å²) < 4.78 is 6.16. The van der Waals surface area contributed by atoms with Crippen LogP contribution in [0, 0.1) is 5.92 Å². The summed E-state index contributed by atoms with van der Waals surface area (Å²) in [6.07, 6.45) is 2.15. The molecule has 0 aliphatic carbocycles. The third-order valence-corrected chi connectivity index (χ3v) is 4.33. The zero-order valence-corrected chi connectivity index (χ0v) is 12.9. The molecular formula is C17H26N2O. The summed E-state index contributed by atoms with van der Waals surface area (Å²) in [5, 5.41) is 0. The molecule has 2 atom stereocenters. The first-order valence-electron chi connectivity index (χ1n) is 7.71. The van der Waals surface area contributed by atoms with Crippen molar-refractivity contribution in [2.75, 3.05) is 13.1 Å². The lowest BCUT2D eigenvalue weighted by atomic mass is 9.95. The van der Waals surface area contributed by atoms with Gasteiger partial charge in [0.15, 0.2) is 0 Å². The Morgan fingerprint density at radius 3 is 2.90 bits per heavy atom. The predicted molar refractivity (Wildman–Crippen MR) is 81.9 cm³/mol. The maximum absolute atomic E-state index is 6.16. The van der Waals surface area contributed by atoms with E-state index in [4.69, 9.17) is 10.5 Å². The van der Waals surface area contributed by atoms with Crippen molar-refractivity contribution in [1.82, 2.24) is 4.90 Å². The summed E-state index contributed by atoms with van der Waals surface area (Å²) >= 11 is 0. The normalized spacial score (nSPS) is 29.0. The molecule has 2 heterocycles. The van der Waals surface area contributed by atoms with Gasteiger partial charge < -0.3 is 10.5 Å². The molecular weight excluding hydrogens is 248 g/mol. The number of para-hydroxylation sites is 1. The van der Waals surface area contributed by atoms with Crippen LogP contribution >= 0.6 is 0 Å². The van der Waals surface area contributed by atoms with E-state index in [9.17, 15) is 0 Å². The van der Waals surface area contributed by atoms with E-state index in [1.165, 1.54) is 11.1 Å². The van der Waals surface area contributed by atoms with Crippen LogP contribution in [0.5, 0.6) is 5.75 Å². The molecule has 1 fully saturated rings. The van der Waals surface area contributed by atoms with Crippen molar-refractivity contribution in [2.45, 2.75) is 51.8 Å². The zero-order chi connectivity index (χ0) is 14.3. The van der Waals surface area contributed by atoms with Crippen molar-refractivity contribution in [3.63, 3.8) is 0 Å². The molecule has 3 rings (SSSR count). The van der Waals surface area contributed by atoms with E-state index in [2.05, 4.69) is 43.9 Å². The number of hydrogen-bond donors (Lipinski definition) is 1. The number of ether oxygens (including phenoxy) is 1. The van der Waals surface area contributed by atoms with Gasteiger partial charge in [0.1, 0.15) is 11.4 Å². The third kappa shape index (κ3) is 2.84. The number of nitrogens with zero attached hydrogens (tertiary/aromatic N) is 1. The maximum Gasteiger partial charge on any atom is 0.127 e. The monoisotopic (exact) mass is 274 g/mol. The minimum absolute atomic E-state index is 0.0654. The van der Waals surface area contributed by atoms with Gasteiger partial charge in [0, 0.05) is 37.7 Å². The molecule has 2 aliphatic rings. The van der Waals surface area contributed by atoms with Crippen molar-refractivity contribution >= 4 is 0 Å². The van der Waals surface area contributed by atoms with Crippen LogP contribution in [-0.2, 0) is 13.0 Å². The highest BCUT2D eigenvalue weighted by Gasteiger charge is 2.32. The van der Waals surface area contributed by atoms with E-state index in [1.807, 2.05) is 0 Å². The lowest BCUT2D eigenvalue weighted by molar-refractivity contribution is 0.129. The van der Waals surface area contributed by atoms with Gasteiger partial charge in [0.25, 0.3) is 0 Å². The molecule has 2 N–H and O–H groups in total. The van der Waals surface area contributed by atoms with Gasteiger partial charge >= 0.3 is 0 Å². The van der Waals surface area contributed by atoms with E-state index in [-0.39, 0.29) is 5.60 Å². The first-order chi connectivity index (χ1) is 9.43. The van der Waals surface area contributed by atoms with Crippen LogP contribution in [-0.4, -0.2) is 29.6 Å². The van der Waals surface area contributed by atoms with Crippen LogP contribution in [0.15, 0.2) is 18.2 Å². The van der Waals surface area contributed by atoms with Crippen molar-refractivity contribution < 1.29 is 4.74 Å². The van der Waals surface area contributed by atoms with Crippen molar-refractivity contribution in [3.8, 4) is 5.75 Å². The molecule has 2 aliphatic heterocycles. The maximum atomic E-state index is 6.16. The average molecular weight is 274 g/mol. The SMILES string of the molecule is CC1CC(N)CN(Cc2cccc3c2OC(C)(C)C3)C1. The standard InChI is InChI=1S/C17H26N2O/c1-12-7-15(18)11-19(9-12)10-14-6-4-5-13-8-17(2,3)20-16(13)14/h4-6,12,15H,7-11,18H2,1-3H3. The van der Waals surface area contributed by atoms with E-state index in [0.29, 0.717) is 12.0 Å². The molecule has 2 unspecified atom stereocenters. The summed E-state index contributed by atoms with van der Waals surface area (Å²) in [6.45, 7) is 9.71. The molecule has 0 aromatic heterocycles. The molecule has 0 spiro atoms. The smallest absolute Gasteiger partial charge is 0.127 e. The van der Waals surface area contributed by atoms with Gasteiger partial charge in [-0.05, 0) is 31.7 Å². The molecule has 1 aromatic rings. The quantitative estimate of drug-likeness (QED) is 0.901. The van der Waals surface area contributed by atoms with E-state index < -0.39 is 0 Å². The number of piperidine rings is 1. The van der Waals surface area contributed by atoms with Crippen LogP contribution in [0.3, 0.4) is 0 Å². The number of nitrogens with two attached hydrogens (primary N) is 1. The molecule has 0 radical (unpaired) electrons. The molecule has 20 heavy (non-hydrogen) atoms. The van der Waals surface area contributed by atoms with Crippen LogP contribution in [0.1, 0.15) is 38.3 Å². The molecule has 110 valence electrons. The second kappa shape index (κ2) is 5.05. The van der Waals surface area contributed by atoms with Crippen molar-refractivity contribution in [3.05, 3.63) is 29.3 Å². The highest BCUT2D eigenvalue weighted by Crippen LogP contribution is 2.38. The summed E-state index contributed by atoms with van der Waals surface area (Å²) in [6, 6.07) is 6.86. The Morgan fingerprint density at radius 1 is 1.35 bits per heavy atom. The molecule has 0 saturated carbocycles. The fourth-order valence-corrected chi connectivity index (χ4v) is 3.69. The predicted octanol–water partition coefficient (Wildman–Crippen LogP) is 2.57. The minimum atomic E-state index is -0.0654. The zero-order valence-electron chi connectivity index (χ0n) is 12.9. The largest absolute Gasteiger partial charge is 0.487 e. The Hall–Kier alpha value is -1.06. The van der Waals surface area contributed by atoms with Gasteiger partial charge in [-0.3, -0.25) is 4.90 Å². The van der Waals surface area contributed by atoms with Gasteiger partial charge in [0.05, 0.1) is 0 Å². The Balaban J connectivity index is 1.78. The van der Waals surface area contributed by atoms with Gasteiger partial charge in [0.2, 0.25) is 0 Å². The van der Waals surface area contributed by atoms with E-state index in [0.717, 1.165) is 38.2 Å². The van der Waals surface area contributed by atoms with Crippen molar-refractivity contribution in [2.24, 2.45) is 11.7 Å². The fraction of sp³-hybridized carbons (Fsp3) is 0.647.